The van der Waals surface area contributed by atoms with Gasteiger partial charge < -0.3 is 30.3 Å². The number of nitrogens with two attached hydrogens (primary N) is 1. The number of carbonyl (C=O) groups is 3. The Morgan fingerprint density at radius 1 is 0.627 bits per heavy atom. The number of carboxylic acids is 1. The van der Waals surface area contributed by atoms with Gasteiger partial charge in [0, 0.05) is 12.8 Å². The molecule has 0 radical (unpaired) electrons. The molecular weight excluding hydrogens is 773 g/mol. The molecule has 0 spiro atoms. The third kappa shape index (κ3) is 39.8. The molecule has 0 rings (SSSR count). The molecule has 13 heteroatoms. The maximum Gasteiger partial charge on any atom is 0.472 e. The fourth-order valence-corrected chi connectivity index (χ4v) is 6.04. The van der Waals surface area contributed by atoms with Crippen LogP contribution in [0.3, 0.4) is 0 Å². The summed E-state index contributed by atoms with van der Waals surface area (Å²) in [6, 6.07) is -1.54. The standard InChI is InChI=1S/C46H76NO11P/c1-3-5-7-8-9-10-11-12-13-14-15-16-17-18-19-22-25-28-32-36-44(49)55-38-42(39-56-59(53,54)57-40-43(47)46(51)52)58-45(50)37-33-29-26-23-20-21-24-27-31-35-41(48)34-30-6-4-2/h6,9-10,12-13,15-16,18-19,24,27,30-31,35,41-43,48H,3-5,7-8,11,14,17,20-23,25-26,28-29,32-34,36-40,47H2,1-2H3,(H,51,52)(H,53,54)/b10-9-,13-12-,16-15-,19-18-,27-24+,30-6+,35-31+/t41?,42-,43+/m1/s1. The lowest BCUT2D eigenvalue weighted by Crippen LogP contribution is -2.34. The number of phosphoric ester groups is 1. The number of ether oxygens (including phenoxy) is 2. The summed E-state index contributed by atoms with van der Waals surface area (Å²) >= 11 is 0. The fourth-order valence-electron chi connectivity index (χ4n) is 5.26. The molecule has 0 aliphatic rings. The average Bonchev–Trinajstić information content (AvgIpc) is 3.20. The van der Waals surface area contributed by atoms with Crippen LogP contribution in [0.5, 0.6) is 0 Å². The minimum Gasteiger partial charge on any atom is -0.480 e. The van der Waals surface area contributed by atoms with Crippen LogP contribution in [0.2, 0.25) is 0 Å². The van der Waals surface area contributed by atoms with Gasteiger partial charge in [-0.3, -0.25) is 23.4 Å². The summed E-state index contributed by atoms with van der Waals surface area (Å²) in [4.78, 5) is 46.0. The van der Waals surface area contributed by atoms with Crippen molar-refractivity contribution in [1.29, 1.82) is 0 Å². The minimum absolute atomic E-state index is 0.102. The van der Waals surface area contributed by atoms with E-state index >= 15 is 0 Å². The molecular formula is C46H76NO11P. The Labute approximate surface area is 355 Å². The Morgan fingerprint density at radius 3 is 1.76 bits per heavy atom. The molecule has 0 heterocycles. The van der Waals surface area contributed by atoms with Gasteiger partial charge in [-0.25, -0.2) is 4.57 Å². The zero-order chi connectivity index (χ0) is 43.7. The predicted molar refractivity (Wildman–Crippen MR) is 236 cm³/mol. The van der Waals surface area contributed by atoms with Crippen LogP contribution in [0.4, 0.5) is 0 Å². The van der Waals surface area contributed by atoms with Gasteiger partial charge in [-0.1, -0.05) is 137 Å². The molecule has 0 saturated carbocycles. The van der Waals surface area contributed by atoms with Crippen LogP contribution in [-0.4, -0.2) is 71.1 Å². The van der Waals surface area contributed by atoms with Crippen LogP contribution in [0, 0.1) is 0 Å². The molecule has 0 saturated heterocycles. The second kappa shape index (κ2) is 40.0. The molecule has 0 aliphatic heterocycles. The zero-order valence-corrected chi connectivity index (χ0v) is 36.8. The first-order chi connectivity index (χ1) is 28.5. The summed E-state index contributed by atoms with van der Waals surface area (Å²) in [6.45, 7) is 2.48. The molecule has 0 bridgehead atoms. The molecule has 0 aliphatic carbocycles. The van der Waals surface area contributed by atoms with Crippen LogP contribution < -0.4 is 5.73 Å². The van der Waals surface area contributed by atoms with Crippen LogP contribution >= 0.6 is 7.82 Å². The van der Waals surface area contributed by atoms with E-state index in [1.807, 2.05) is 24.3 Å². The fraction of sp³-hybridized carbons (Fsp3) is 0.630. The lowest BCUT2D eigenvalue weighted by Gasteiger charge is -2.20. The first-order valence-corrected chi connectivity index (χ1v) is 23.2. The summed E-state index contributed by atoms with van der Waals surface area (Å²) in [6.07, 6.45) is 45.5. The van der Waals surface area contributed by atoms with Gasteiger partial charge in [0.25, 0.3) is 0 Å². The third-order valence-electron chi connectivity index (χ3n) is 8.71. The number of aliphatic hydroxyl groups is 1. The number of allylic oxidation sites excluding steroid dienone is 12. The highest BCUT2D eigenvalue weighted by Gasteiger charge is 2.28. The average molecular weight is 850 g/mol. The number of aliphatic hydroxyl groups excluding tert-OH is 1. The molecule has 0 aromatic rings. The maximum atomic E-state index is 12.6. The van der Waals surface area contributed by atoms with Crippen molar-refractivity contribution >= 4 is 25.7 Å². The number of carboxylic acid groups (broad SMARTS) is 1. The smallest absolute Gasteiger partial charge is 0.472 e. The van der Waals surface area contributed by atoms with Gasteiger partial charge in [0.2, 0.25) is 0 Å². The van der Waals surface area contributed by atoms with E-state index in [1.54, 1.807) is 6.08 Å². The molecule has 12 nitrogen and oxygen atoms in total. The van der Waals surface area contributed by atoms with Crippen LogP contribution in [-0.2, 0) is 37.5 Å². The SMILES string of the molecule is CC/C=C/CC(O)/C=C/C=C/CCCCCCCC(=O)O[C@H](COC(=O)CCCCC/C=C\C/C=C\C/C=C\C/C=C\CCCCC)COP(=O)(O)OC[C@H](N)C(=O)O. The molecule has 0 aromatic carbocycles. The third-order valence-corrected chi connectivity index (χ3v) is 9.66. The van der Waals surface area contributed by atoms with E-state index in [0.717, 1.165) is 77.0 Å². The Morgan fingerprint density at radius 2 is 1.15 bits per heavy atom. The number of unbranched alkanes of at least 4 members (excludes halogenated alkanes) is 11. The highest BCUT2D eigenvalue weighted by Crippen LogP contribution is 2.43. The summed E-state index contributed by atoms with van der Waals surface area (Å²) in [7, 11) is -4.75. The van der Waals surface area contributed by atoms with E-state index in [9.17, 15) is 28.9 Å². The van der Waals surface area contributed by atoms with Crippen LogP contribution in [0.1, 0.15) is 149 Å². The van der Waals surface area contributed by atoms with Crippen molar-refractivity contribution in [3.05, 3.63) is 85.1 Å². The van der Waals surface area contributed by atoms with Crippen molar-refractivity contribution in [2.24, 2.45) is 5.73 Å². The summed E-state index contributed by atoms with van der Waals surface area (Å²) in [5.74, 6) is -2.50. The van der Waals surface area contributed by atoms with E-state index in [2.05, 4.69) is 73.1 Å². The highest BCUT2D eigenvalue weighted by atomic mass is 31.2. The first-order valence-electron chi connectivity index (χ1n) is 21.7. The largest absolute Gasteiger partial charge is 0.480 e. The number of phosphoric acid groups is 1. The molecule has 0 fully saturated rings. The molecule has 4 atom stereocenters. The molecule has 0 amide bonds. The zero-order valence-electron chi connectivity index (χ0n) is 35.9. The number of hydrogen-bond acceptors (Lipinski definition) is 10. The molecule has 5 N–H and O–H groups in total. The maximum absolute atomic E-state index is 12.6. The van der Waals surface area contributed by atoms with Crippen molar-refractivity contribution in [2.75, 3.05) is 19.8 Å². The van der Waals surface area contributed by atoms with Crippen molar-refractivity contribution in [3.63, 3.8) is 0 Å². The van der Waals surface area contributed by atoms with Gasteiger partial charge in [-0.15, -0.1) is 0 Å². The lowest BCUT2D eigenvalue weighted by atomic mass is 10.1. The Bertz CT molecular complexity index is 1340. The molecule has 59 heavy (non-hydrogen) atoms. The number of esters is 2. The van der Waals surface area contributed by atoms with Crippen molar-refractivity contribution in [3.8, 4) is 0 Å². The number of aliphatic carboxylic acids is 1. The van der Waals surface area contributed by atoms with E-state index < -0.39 is 57.2 Å². The monoisotopic (exact) mass is 850 g/mol. The van der Waals surface area contributed by atoms with Gasteiger partial charge in [-0.2, -0.15) is 0 Å². The summed E-state index contributed by atoms with van der Waals surface area (Å²) in [5.41, 5.74) is 5.32. The van der Waals surface area contributed by atoms with Gasteiger partial charge in [0.1, 0.15) is 12.6 Å². The van der Waals surface area contributed by atoms with Crippen molar-refractivity contribution in [1.82, 2.24) is 0 Å². The Kier molecular flexibility index (Phi) is 37.8. The quantitative estimate of drug-likeness (QED) is 0.0151. The van der Waals surface area contributed by atoms with E-state index in [-0.39, 0.29) is 19.4 Å². The number of rotatable bonds is 39. The summed E-state index contributed by atoms with van der Waals surface area (Å²) < 4.78 is 32.6. The van der Waals surface area contributed by atoms with Gasteiger partial charge in [0.05, 0.1) is 19.3 Å². The molecule has 336 valence electrons. The van der Waals surface area contributed by atoms with Crippen LogP contribution in [0.15, 0.2) is 85.1 Å². The Hall–Kier alpha value is -3.38. The highest BCUT2D eigenvalue weighted by molar-refractivity contribution is 7.47. The second-order valence-electron chi connectivity index (χ2n) is 14.3. The predicted octanol–water partition coefficient (Wildman–Crippen LogP) is 10.5. The number of hydrogen-bond donors (Lipinski definition) is 4. The minimum atomic E-state index is -4.75. The normalized spacial score (nSPS) is 15.1. The van der Waals surface area contributed by atoms with Crippen molar-refractivity contribution < 1.29 is 52.6 Å². The second-order valence-corrected chi connectivity index (χ2v) is 15.7. The van der Waals surface area contributed by atoms with E-state index in [0.29, 0.717) is 19.3 Å². The van der Waals surface area contributed by atoms with Gasteiger partial charge in [0.15, 0.2) is 6.10 Å². The number of carbonyl (C=O) groups excluding carboxylic acids is 2. The van der Waals surface area contributed by atoms with Gasteiger partial charge in [-0.05, 0) is 83.5 Å². The van der Waals surface area contributed by atoms with Gasteiger partial charge >= 0.3 is 25.7 Å². The lowest BCUT2D eigenvalue weighted by molar-refractivity contribution is -0.161. The molecule has 2 unspecified atom stereocenters. The van der Waals surface area contributed by atoms with Crippen LogP contribution in [0.25, 0.3) is 0 Å². The Balaban J connectivity index is 4.51. The molecule has 0 aromatic heterocycles. The van der Waals surface area contributed by atoms with E-state index in [1.165, 1.54) is 25.7 Å². The first kappa shape index (κ1) is 55.6. The topological polar surface area (TPSA) is 192 Å². The van der Waals surface area contributed by atoms with Crippen molar-refractivity contribution in [2.45, 2.75) is 167 Å². The van der Waals surface area contributed by atoms with E-state index in [4.69, 9.17) is 24.8 Å². The summed E-state index contributed by atoms with van der Waals surface area (Å²) in [5, 5.41) is 18.8.